The number of primary sulfonamides is 1. The maximum atomic E-state index is 12.4. The average molecular weight is 410 g/mol. The first-order chi connectivity index (χ1) is 12.2. The zero-order valence-electron chi connectivity index (χ0n) is 13.8. The van der Waals surface area contributed by atoms with Crippen LogP contribution in [0.1, 0.15) is 12.6 Å². The number of hydrogen-bond donors (Lipinski definition) is 2. The number of anilines is 1. The van der Waals surface area contributed by atoms with Gasteiger partial charge in [0.15, 0.2) is 5.13 Å². The van der Waals surface area contributed by atoms with Crippen molar-refractivity contribution in [2.45, 2.75) is 29.0 Å². The molecule has 3 rings (SSSR count). The topological polar surface area (TPSA) is 128 Å². The Bertz CT molecular complexity index is 1080. The van der Waals surface area contributed by atoms with Crippen LogP contribution < -0.4 is 10.5 Å². The fourth-order valence-corrected chi connectivity index (χ4v) is 4.47. The first-order valence-electron chi connectivity index (χ1n) is 7.42. The van der Waals surface area contributed by atoms with Crippen LogP contribution in [0.2, 0.25) is 0 Å². The Morgan fingerprint density at radius 2 is 2.08 bits per heavy atom. The SMILES string of the molecule is Cc1cc(SC(C)C(=O)Nc2nc3ccc(S(N)(=O)=O)cc3s2)ncn1. The number of fused-ring (bicyclic) bond motifs is 1. The minimum absolute atomic E-state index is 0.00887. The number of benzene rings is 1. The summed E-state index contributed by atoms with van der Waals surface area (Å²) in [4.78, 5) is 24.8. The normalized spacial score (nSPS) is 12.9. The Morgan fingerprint density at radius 3 is 2.77 bits per heavy atom. The highest BCUT2D eigenvalue weighted by molar-refractivity contribution is 8.00. The van der Waals surface area contributed by atoms with Crippen LogP contribution in [0.25, 0.3) is 10.2 Å². The van der Waals surface area contributed by atoms with Crippen molar-refractivity contribution in [1.82, 2.24) is 15.0 Å². The van der Waals surface area contributed by atoms with E-state index in [1.165, 1.54) is 41.6 Å². The van der Waals surface area contributed by atoms with Crippen LogP contribution >= 0.6 is 23.1 Å². The van der Waals surface area contributed by atoms with E-state index < -0.39 is 15.3 Å². The van der Waals surface area contributed by atoms with Gasteiger partial charge in [0.1, 0.15) is 11.4 Å². The maximum Gasteiger partial charge on any atom is 0.239 e. The molecule has 1 unspecified atom stereocenters. The summed E-state index contributed by atoms with van der Waals surface area (Å²) < 4.78 is 23.5. The van der Waals surface area contributed by atoms with Crippen LogP contribution in [0.5, 0.6) is 0 Å². The van der Waals surface area contributed by atoms with Gasteiger partial charge in [-0.3, -0.25) is 4.79 Å². The summed E-state index contributed by atoms with van der Waals surface area (Å²) >= 11 is 2.50. The number of rotatable bonds is 5. The number of aryl methyl sites for hydroxylation is 1. The quantitative estimate of drug-likeness (QED) is 0.488. The smallest absolute Gasteiger partial charge is 0.239 e. The van der Waals surface area contributed by atoms with E-state index in [0.29, 0.717) is 20.4 Å². The molecule has 1 atom stereocenters. The largest absolute Gasteiger partial charge is 0.301 e. The summed E-state index contributed by atoms with van der Waals surface area (Å²) in [5.74, 6) is -0.225. The van der Waals surface area contributed by atoms with Crippen LogP contribution in [0, 0.1) is 6.92 Å². The molecule has 0 saturated heterocycles. The van der Waals surface area contributed by atoms with Crippen LogP contribution in [0.3, 0.4) is 0 Å². The lowest BCUT2D eigenvalue weighted by molar-refractivity contribution is -0.115. The number of hydrogen-bond acceptors (Lipinski definition) is 8. The highest BCUT2D eigenvalue weighted by Crippen LogP contribution is 2.29. The fraction of sp³-hybridized carbons (Fsp3) is 0.200. The predicted molar refractivity (Wildman–Crippen MR) is 102 cm³/mol. The highest BCUT2D eigenvalue weighted by atomic mass is 32.2. The molecule has 0 radical (unpaired) electrons. The van der Waals surface area contributed by atoms with E-state index in [4.69, 9.17) is 5.14 Å². The molecule has 0 saturated carbocycles. The number of nitrogens with zero attached hydrogens (tertiary/aromatic N) is 3. The van der Waals surface area contributed by atoms with Gasteiger partial charge in [0, 0.05) is 5.69 Å². The number of sulfonamides is 1. The number of nitrogens with one attached hydrogen (secondary N) is 1. The first kappa shape index (κ1) is 18.7. The van der Waals surface area contributed by atoms with E-state index in [9.17, 15) is 13.2 Å². The summed E-state index contributed by atoms with van der Waals surface area (Å²) in [5.41, 5.74) is 1.41. The van der Waals surface area contributed by atoms with Gasteiger partial charge >= 0.3 is 0 Å². The van der Waals surface area contributed by atoms with Gasteiger partial charge in [0.25, 0.3) is 0 Å². The Morgan fingerprint density at radius 1 is 1.31 bits per heavy atom. The third-order valence-corrected chi connectivity index (χ3v) is 6.24. The number of thioether (sulfide) groups is 1. The molecule has 0 aliphatic rings. The van der Waals surface area contributed by atoms with Crippen LogP contribution in [0.4, 0.5) is 5.13 Å². The summed E-state index contributed by atoms with van der Waals surface area (Å²) in [5, 5.41) is 8.59. The Hall–Kier alpha value is -2.08. The van der Waals surface area contributed by atoms with Crippen LogP contribution in [-0.4, -0.2) is 34.5 Å². The first-order valence-corrected chi connectivity index (χ1v) is 10.7. The van der Waals surface area contributed by atoms with Gasteiger partial charge in [-0.05, 0) is 38.1 Å². The Labute approximate surface area is 158 Å². The zero-order valence-corrected chi connectivity index (χ0v) is 16.3. The number of carbonyl (C=O) groups excluding carboxylic acids is 1. The number of nitrogens with two attached hydrogens (primary N) is 1. The van der Waals surface area contributed by atoms with Gasteiger partial charge in [-0.15, -0.1) is 0 Å². The molecular weight excluding hydrogens is 394 g/mol. The molecule has 11 heteroatoms. The molecule has 0 spiro atoms. The molecule has 3 N–H and O–H groups in total. The third-order valence-electron chi connectivity index (χ3n) is 3.36. The molecule has 2 aromatic heterocycles. The molecular formula is C15H15N5O3S3. The lowest BCUT2D eigenvalue weighted by Crippen LogP contribution is -2.22. The molecule has 3 aromatic rings. The van der Waals surface area contributed by atoms with Crippen molar-refractivity contribution in [3.8, 4) is 0 Å². The summed E-state index contributed by atoms with van der Waals surface area (Å²) in [6.45, 7) is 3.62. The lowest BCUT2D eigenvalue weighted by Gasteiger charge is -2.09. The van der Waals surface area contributed by atoms with E-state index in [1.807, 2.05) is 6.92 Å². The van der Waals surface area contributed by atoms with Crippen LogP contribution in [0.15, 0.2) is 40.5 Å². The van der Waals surface area contributed by atoms with E-state index in [1.54, 1.807) is 19.1 Å². The molecule has 8 nitrogen and oxygen atoms in total. The lowest BCUT2D eigenvalue weighted by atomic mass is 10.3. The second-order valence-electron chi connectivity index (χ2n) is 5.44. The van der Waals surface area contributed by atoms with Crippen molar-refractivity contribution in [2.24, 2.45) is 5.14 Å². The van der Waals surface area contributed by atoms with Crippen molar-refractivity contribution in [3.63, 3.8) is 0 Å². The number of thiazole rings is 1. The second kappa shape index (κ2) is 7.27. The van der Waals surface area contributed by atoms with E-state index in [2.05, 4.69) is 20.3 Å². The predicted octanol–water partition coefficient (Wildman–Crippen LogP) is 2.16. The van der Waals surface area contributed by atoms with Gasteiger partial charge in [-0.25, -0.2) is 28.5 Å². The van der Waals surface area contributed by atoms with Crippen molar-refractivity contribution < 1.29 is 13.2 Å². The Balaban J connectivity index is 1.74. The molecule has 0 fully saturated rings. The minimum Gasteiger partial charge on any atom is -0.301 e. The molecule has 136 valence electrons. The molecule has 0 aliphatic heterocycles. The van der Waals surface area contributed by atoms with E-state index in [0.717, 1.165) is 5.69 Å². The number of carbonyl (C=O) groups is 1. The standard InChI is InChI=1S/C15H15N5O3S3/c1-8-5-13(18-7-17-8)24-9(2)14(21)20-15-19-11-4-3-10(26(16,22)23)6-12(11)25-15/h3-7,9H,1-2H3,(H2,16,22,23)(H,19,20,21). The third kappa shape index (κ3) is 4.36. The Kier molecular flexibility index (Phi) is 5.23. The molecule has 1 amide bonds. The molecule has 1 aromatic carbocycles. The minimum atomic E-state index is -3.78. The summed E-state index contributed by atoms with van der Waals surface area (Å²) in [6.07, 6.45) is 1.46. The van der Waals surface area contributed by atoms with E-state index in [-0.39, 0.29) is 10.8 Å². The summed E-state index contributed by atoms with van der Waals surface area (Å²) in [6, 6.07) is 6.20. The van der Waals surface area contributed by atoms with Gasteiger partial charge < -0.3 is 5.32 Å². The molecule has 0 bridgehead atoms. The van der Waals surface area contributed by atoms with Crippen molar-refractivity contribution in [3.05, 3.63) is 36.3 Å². The number of aromatic nitrogens is 3. The van der Waals surface area contributed by atoms with Gasteiger partial charge in [0.05, 0.1) is 20.4 Å². The average Bonchev–Trinajstić information content (AvgIpc) is 2.95. The monoisotopic (exact) mass is 409 g/mol. The molecule has 2 heterocycles. The maximum absolute atomic E-state index is 12.4. The second-order valence-corrected chi connectivity index (χ2v) is 9.39. The fourth-order valence-electron chi connectivity index (χ4n) is 2.07. The number of amides is 1. The van der Waals surface area contributed by atoms with E-state index >= 15 is 0 Å². The van der Waals surface area contributed by atoms with Crippen molar-refractivity contribution in [2.75, 3.05) is 5.32 Å². The summed E-state index contributed by atoms with van der Waals surface area (Å²) in [7, 11) is -3.78. The van der Waals surface area contributed by atoms with Gasteiger partial charge in [-0.2, -0.15) is 0 Å². The highest BCUT2D eigenvalue weighted by Gasteiger charge is 2.18. The van der Waals surface area contributed by atoms with Gasteiger partial charge in [0.2, 0.25) is 15.9 Å². The van der Waals surface area contributed by atoms with Crippen LogP contribution in [-0.2, 0) is 14.8 Å². The molecule has 26 heavy (non-hydrogen) atoms. The van der Waals surface area contributed by atoms with Gasteiger partial charge in [-0.1, -0.05) is 23.1 Å². The van der Waals surface area contributed by atoms with Crippen molar-refractivity contribution in [1.29, 1.82) is 0 Å². The zero-order chi connectivity index (χ0) is 18.9. The van der Waals surface area contributed by atoms with Crippen molar-refractivity contribution >= 4 is 54.4 Å². The molecule has 0 aliphatic carbocycles.